The molecule has 0 saturated heterocycles. The van der Waals surface area contributed by atoms with Gasteiger partial charge in [0.25, 0.3) is 0 Å². The van der Waals surface area contributed by atoms with Crippen molar-refractivity contribution < 1.29 is 4.79 Å². The Morgan fingerprint density at radius 1 is 1.07 bits per heavy atom. The minimum Gasteiger partial charge on any atom is -0.211 e. The van der Waals surface area contributed by atoms with Crippen LogP contribution in [0.2, 0.25) is 12.6 Å². The van der Waals surface area contributed by atoms with Crippen LogP contribution in [0.25, 0.3) is 0 Å². The number of aliphatic imine (C=N–C) groups is 1. The third-order valence-corrected chi connectivity index (χ3v) is 4.57. The van der Waals surface area contributed by atoms with Crippen molar-refractivity contribution in [2.45, 2.75) is 51.1 Å². The minimum absolute atomic E-state index is 0.623. The maximum Gasteiger partial charge on any atom is 0.248 e. The number of unbranched alkanes of at least 4 members (excludes halogenated alkanes) is 5. The van der Waals surface area contributed by atoms with Gasteiger partial charge < -0.3 is 0 Å². The Kier molecular flexibility index (Phi) is 9.52. The Balaban J connectivity index is 3.08. The first-order valence-electron chi connectivity index (χ1n) is 5.48. The van der Waals surface area contributed by atoms with Gasteiger partial charge in [0.2, 0.25) is 12.8 Å². The van der Waals surface area contributed by atoms with Crippen LogP contribution in [0.4, 0.5) is 0 Å². The average molecular weight is 268 g/mol. The normalized spacial score (nSPS) is 11.1. The van der Waals surface area contributed by atoms with Crippen LogP contribution in [0.5, 0.6) is 0 Å². The molecule has 0 aromatic heterocycles. The summed E-state index contributed by atoms with van der Waals surface area (Å²) in [6.45, 7) is 0.732. The number of hydrogen-bond acceptors (Lipinski definition) is 2. The number of isocyanates is 1. The maximum atomic E-state index is 9.76. The molecule has 2 nitrogen and oxygen atoms in total. The molecular formula is C10H19Cl2NOSi. The molecule has 0 aromatic carbocycles. The average Bonchev–Trinajstić information content (AvgIpc) is 2.14. The van der Waals surface area contributed by atoms with E-state index in [1.54, 1.807) is 6.08 Å². The van der Waals surface area contributed by atoms with Gasteiger partial charge in [-0.2, -0.15) is 0 Å². The van der Waals surface area contributed by atoms with Crippen LogP contribution in [-0.4, -0.2) is 19.3 Å². The number of rotatable bonds is 9. The van der Waals surface area contributed by atoms with E-state index in [-0.39, 0.29) is 0 Å². The first-order chi connectivity index (χ1) is 7.06. The SMILES string of the molecule is C[Si](Cl)(Cl)CCCCCCCCN=C=O. The Labute approximate surface area is 102 Å². The lowest BCUT2D eigenvalue weighted by molar-refractivity contribution is 0.560. The summed E-state index contributed by atoms with van der Waals surface area (Å²) < 4.78 is 0. The van der Waals surface area contributed by atoms with E-state index in [4.69, 9.17) is 22.2 Å². The number of nitrogens with zero attached hydrogens (tertiary/aromatic N) is 1. The van der Waals surface area contributed by atoms with E-state index in [0.717, 1.165) is 25.3 Å². The van der Waals surface area contributed by atoms with Crippen molar-refractivity contribution in [2.75, 3.05) is 6.54 Å². The third-order valence-electron chi connectivity index (χ3n) is 2.20. The van der Waals surface area contributed by atoms with Gasteiger partial charge in [-0.15, -0.1) is 22.2 Å². The molecule has 0 bridgehead atoms. The second kappa shape index (κ2) is 9.41. The largest absolute Gasteiger partial charge is 0.248 e. The molecule has 0 heterocycles. The van der Waals surface area contributed by atoms with Gasteiger partial charge in [0.1, 0.15) is 0 Å². The molecule has 0 radical (unpaired) electrons. The molecule has 15 heavy (non-hydrogen) atoms. The zero-order valence-electron chi connectivity index (χ0n) is 9.27. The van der Waals surface area contributed by atoms with E-state index in [1.165, 1.54) is 19.3 Å². The first kappa shape index (κ1) is 15.2. The van der Waals surface area contributed by atoms with Crippen LogP contribution in [-0.2, 0) is 4.79 Å². The first-order valence-corrected chi connectivity index (χ1v) is 10.2. The lowest BCUT2D eigenvalue weighted by atomic mass is 10.1. The Bertz CT molecular complexity index is 200. The predicted molar refractivity (Wildman–Crippen MR) is 68.8 cm³/mol. The molecule has 0 spiro atoms. The van der Waals surface area contributed by atoms with Crippen molar-refractivity contribution >= 4 is 34.9 Å². The van der Waals surface area contributed by atoms with Crippen molar-refractivity contribution in [3.63, 3.8) is 0 Å². The van der Waals surface area contributed by atoms with Crippen molar-refractivity contribution in [1.29, 1.82) is 0 Å². The summed E-state index contributed by atoms with van der Waals surface area (Å²) in [5, 5.41) is 0. The summed E-state index contributed by atoms with van der Waals surface area (Å²) >= 11 is 12.0. The van der Waals surface area contributed by atoms with Gasteiger partial charge in [-0.05, 0) is 19.0 Å². The second-order valence-corrected chi connectivity index (χ2v) is 12.1. The minimum atomic E-state index is -1.86. The monoisotopic (exact) mass is 267 g/mol. The summed E-state index contributed by atoms with van der Waals surface area (Å²) in [6, 6.07) is 0.992. The number of halogens is 2. The van der Waals surface area contributed by atoms with Crippen molar-refractivity contribution in [3.8, 4) is 0 Å². The summed E-state index contributed by atoms with van der Waals surface area (Å²) in [5.41, 5.74) is 0. The van der Waals surface area contributed by atoms with Gasteiger partial charge in [-0.3, -0.25) is 0 Å². The smallest absolute Gasteiger partial charge is 0.211 e. The molecule has 0 fully saturated rings. The predicted octanol–water partition coefficient (Wildman–Crippen LogP) is 4.21. The summed E-state index contributed by atoms with van der Waals surface area (Å²) in [5.74, 6) is 0. The molecule has 0 atom stereocenters. The van der Waals surface area contributed by atoms with E-state index in [2.05, 4.69) is 4.99 Å². The van der Waals surface area contributed by atoms with E-state index in [1.807, 2.05) is 6.55 Å². The molecule has 0 rings (SSSR count). The fourth-order valence-electron chi connectivity index (χ4n) is 1.38. The highest BCUT2D eigenvalue weighted by Crippen LogP contribution is 2.23. The molecule has 0 aliphatic heterocycles. The van der Waals surface area contributed by atoms with Gasteiger partial charge in [0.05, 0.1) is 6.54 Å². The standard InChI is InChI=1S/C10H19Cl2NOSi/c1-15(11,12)9-7-5-3-2-4-6-8-13-10-14/h2-9H2,1H3. The zero-order valence-corrected chi connectivity index (χ0v) is 11.8. The molecule has 0 aliphatic rings. The molecule has 0 amide bonds. The van der Waals surface area contributed by atoms with Gasteiger partial charge >= 0.3 is 0 Å². The zero-order chi connectivity index (χ0) is 11.6. The highest BCUT2D eigenvalue weighted by Gasteiger charge is 2.19. The maximum absolute atomic E-state index is 9.76. The summed E-state index contributed by atoms with van der Waals surface area (Å²) in [6.07, 6.45) is 8.46. The van der Waals surface area contributed by atoms with Crippen LogP contribution >= 0.6 is 22.2 Å². The molecule has 5 heteroatoms. The second-order valence-electron chi connectivity index (χ2n) is 3.91. The fraction of sp³-hybridized carbons (Fsp3) is 0.900. The topological polar surface area (TPSA) is 29.4 Å². The highest BCUT2D eigenvalue weighted by atomic mass is 35.7. The van der Waals surface area contributed by atoms with Crippen LogP contribution in [0.15, 0.2) is 4.99 Å². The quantitative estimate of drug-likeness (QED) is 0.202. The van der Waals surface area contributed by atoms with Gasteiger partial charge in [-0.1, -0.05) is 32.1 Å². The van der Waals surface area contributed by atoms with Gasteiger partial charge in [0, 0.05) is 0 Å². The molecule has 0 aromatic rings. The lowest BCUT2D eigenvalue weighted by Crippen LogP contribution is -2.11. The number of hydrogen-bond donors (Lipinski definition) is 0. The van der Waals surface area contributed by atoms with E-state index in [9.17, 15) is 4.79 Å². The lowest BCUT2D eigenvalue weighted by Gasteiger charge is -2.08. The molecule has 0 aliphatic carbocycles. The van der Waals surface area contributed by atoms with Crippen LogP contribution < -0.4 is 0 Å². The van der Waals surface area contributed by atoms with Crippen molar-refractivity contribution in [2.24, 2.45) is 4.99 Å². The Morgan fingerprint density at radius 2 is 1.60 bits per heavy atom. The molecule has 0 unspecified atom stereocenters. The molecule has 88 valence electrons. The highest BCUT2D eigenvalue weighted by molar-refractivity contribution is 7.44. The van der Waals surface area contributed by atoms with Crippen LogP contribution in [0.1, 0.15) is 38.5 Å². The van der Waals surface area contributed by atoms with E-state index >= 15 is 0 Å². The van der Waals surface area contributed by atoms with Gasteiger partial charge in [0.15, 0.2) is 0 Å². The van der Waals surface area contributed by atoms with Crippen molar-refractivity contribution in [3.05, 3.63) is 0 Å². The van der Waals surface area contributed by atoms with Gasteiger partial charge in [-0.25, -0.2) is 9.79 Å². The van der Waals surface area contributed by atoms with E-state index in [0.29, 0.717) is 6.54 Å². The Morgan fingerprint density at radius 3 is 2.13 bits per heavy atom. The summed E-state index contributed by atoms with van der Waals surface area (Å²) in [4.78, 5) is 13.3. The van der Waals surface area contributed by atoms with Crippen LogP contribution in [0.3, 0.4) is 0 Å². The third kappa shape index (κ3) is 14.2. The molecule has 0 N–H and O–H groups in total. The summed E-state index contributed by atoms with van der Waals surface area (Å²) in [7, 11) is 0. The fourth-order valence-corrected chi connectivity index (χ4v) is 3.05. The Hall–Kier alpha value is 0.177. The van der Waals surface area contributed by atoms with Crippen molar-refractivity contribution in [1.82, 2.24) is 0 Å². The van der Waals surface area contributed by atoms with E-state index < -0.39 is 6.69 Å². The number of carbonyl (C=O) groups excluding carboxylic acids is 1. The molecule has 0 saturated carbocycles. The van der Waals surface area contributed by atoms with Crippen LogP contribution in [0, 0.1) is 0 Å². The molecular weight excluding hydrogens is 249 g/mol.